The fourth-order valence-corrected chi connectivity index (χ4v) is 3.46. The van der Waals surface area contributed by atoms with Gasteiger partial charge in [-0.05, 0) is 52.3 Å². The number of nitrogens with one attached hydrogen (secondary N) is 1. The molecule has 10 heteroatoms. The summed E-state index contributed by atoms with van der Waals surface area (Å²) >= 11 is 5.64. The normalized spacial score (nSPS) is 12.3. The van der Waals surface area contributed by atoms with Gasteiger partial charge in [0.25, 0.3) is 10.0 Å². The summed E-state index contributed by atoms with van der Waals surface area (Å²) in [6.07, 6.45) is -4.71. The molecular formula is C13H7Br2F4NO2S. The van der Waals surface area contributed by atoms with Crippen LogP contribution in [0.25, 0.3) is 0 Å². The summed E-state index contributed by atoms with van der Waals surface area (Å²) in [5.41, 5.74) is -1.23. The third-order valence-electron chi connectivity index (χ3n) is 2.73. The molecule has 0 spiro atoms. The van der Waals surface area contributed by atoms with E-state index in [9.17, 15) is 26.0 Å². The fourth-order valence-electron chi connectivity index (χ4n) is 1.66. The first-order valence-corrected chi connectivity index (χ1v) is 8.92. The molecule has 0 atom stereocenters. The Morgan fingerprint density at radius 1 is 0.957 bits per heavy atom. The molecule has 2 aromatic carbocycles. The second-order valence-electron chi connectivity index (χ2n) is 4.37. The van der Waals surface area contributed by atoms with E-state index in [1.54, 1.807) is 0 Å². The van der Waals surface area contributed by atoms with Crippen LogP contribution in [0.3, 0.4) is 0 Å². The molecule has 0 aliphatic rings. The van der Waals surface area contributed by atoms with Gasteiger partial charge in [-0.25, -0.2) is 12.8 Å². The summed E-state index contributed by atoms with van der Waals surface area (Å²) in [6.45, 7) is 0. The van der Waals surface area contributed by atoms with Gasteiger partial charge in [-0.15, -0.1) is 0 Å². The first kappa shape index (κ1) is 18.2. The van der Waals surface area contributed by atoms with Crippen LogP contribution in [0.4, 0.5) is 23.2 Å². The van der Waals surface area contributed by atoms with Crippen molar-refractivity contribution >= 4 is 47.6 Å². The van der Waals surface area contributed by atoms with Crippen LogP contribution in [0, 0.1) is 5.82 Å². The zero-order valence-corrected chi connectivity index (χ0v) is 14.9. The van der Waals surface area contributed by atoms with Crippen LogP contribution in [0.15, 0.2) is 50.2 Å². The van der Waals surface area contributed by atoms with Gasteiger partial charge in [0.05, 0.1) is 20.6 Å². The monoisotopic (exact) mass is 475 g/mol. The SMILES string of the molecule is O=S(=O)(Nc1ccc(Br)c(F)c1)c1ccc(Br)c(C(F)(F)F)c1. The number of halogens is 6. The Balaban J connectivity index is 2.42. The van der Waals surface area contributed by atoms with Crippen LogP contribution in [0.5, 0.6) is 0 Å². The van der Waals surface area contributed by atoms with Crippen LogP contribution in [-0.4, -0.2) is 8.42 Å². The molecular weight excluding hydrogens is 470 g/mol. The smallest absolute Gasteiger partial charge is 0.280 e. The van der Waals surface area contributed by atoms with Crippen molar-refractivity contribution in [3.05, 3.63) is 56.7 Å². The lowest BCUT2D eigenvalue weighted by Crippen LogP contribution is -2.15. The molecule has 0 aliphatic carbocycles. The number of anilines is 1. The van der Waals surface area contributed by atoms with Gasteiger partial charge in [0.2, 0.25) is 0 Å². The molecule has 0 unspecified atom stereocenters. The van der Waals surface area contributed by atoms with Crippen LogP contribution in [0.1, 0.15) is 5.56 Å². The maximum atomic E-state index is 13.4. The average Bonchev–Trinajstić information content (AvgIpc) is 2.41. The minimum absolute atomic E-state index is 0.109. The Morgan fingerprint density at radius 2 is 1.57 bits per heavy atom. The molecule has 0 radical (unpaired) electrons. The van der Waals surface area contributed by atoms with E-state index in [4.69, 9.17) is 0 Å². The predicted octanol–water partition coefficient (Wildman–Crippen LogP) is 5.17. The average molecular weight is 477 g/mol. The van der Waals surface area contributed by atoms with Crippen molar-refractivity contribution in [2.75, 3.05) is 4.72 Å². The quantitative estimate of drug-likeness (QED) is 0.621. The summed E-state index contributed by atoms with van der Waals surface area (Å²) in [5.74, 6) is -0.711. The summed E-state index contributed by atoms with van der Waals surface area (Å²) in [7, 11) is -4.30. The first-order valence-electron chi connectivity index (χ1n) is 5.85. The molecule has 124 valence electrons. The van der Waals surface area contributed by atoms with Gasteiger partial charge in [-0.3, -0.25) is 4.72 Å². The van der Waals surface area contributed by atoms with Crippen molar-refractivity contribution in [3.63, 3.8) is 0 Å². The number of rotatable bonds is 3. The van der Waals surface area contributed by atoms with Crippen LogP contribution in [0.2, 0.25) is 0 Å². The van der Waals surface area contributed by atoms with Gasteiger partial charge in [0.1, 0.15) is 5.82 Å². The molecule has 0 aliphatic heterocycles. The highest BCUT2D eigenvalue weighted by atomic mass is 79.9. The maximum absolute atomic E-state index is 13.4. The molecule has 0 saturated carbocycles. The van der Waals surface area contributed by atoms with E-state index in [1.807, 2.05) is 4.72 Å². The maximum Gasteiger partial charge on any atom is 0.417 e. The van der Waals surface area contributed by atoms with Crippen LogP contribution in [-0.2, 0) is 16.2 Å². The highest BCUT2D eigenvalue weighted by molar-refractivity contribution is 9.10. The van der Waals surface area contributed by atoms with Crippen molar-refractivity contribution in [2.24, 2.45) is 0 Å². The molecule has 2 rings (SSSR count). The van der Waals surface area contributed by atoms with Gasteiger partial charge in [0.15, 0.2) is 0 Å². The lowest BCUT2D eigenvalue weighted by Gasteiger charge is -2.13. The van der Waals surface area contributed by atoms with E-state index >= 15 is 0 Å². The van der Waals surface area contributed by atoms with Gasteiger partial charge in [0, 0.05) is 4.47 Å². The molecule has 1 N–H and O–H groups in total. The standard InChI is InChI=1S/C13H7Br2F4NO2S/c14-10-4-2-8(6-9(10)13(17,18)19)23(21,22)20-7-1-3-11(15)12(16)5-7/h1-6,20H. The largest absolute Gasteiger partial charge is 0.417 e. The Morgan fingerprint density at radius 3 is 2.13 bits per heavy atom. The third kappa shape index (κ3) is 4.24. The number of benzene rings is 2. The summed E-state index contributed by atoms with van der Waals surface area (Å²) in [6, 6.07) is 5.95. The van der Waals surface area contributed by atoms with Gasteiger partial charge < -0.3 is 0 Å². The van der Waals surface area contributed by atoms with E-state index in [-0.39, 0.29) is 14.6 Å². The molecule has 0 fully saturated rings. The van der Waals surface area contributed by atoms with E-state index < -0.39 is 32.5 Å². The zero-order valence-electron chi connectivity index (χ0n) is 11.0. The molecule has 0 saturated heterocycles. The highest BCUT2D eigenvalue weighted by Crippen LogP contribution is 2.36. The number of hydrogen-bond donors (Lipinski definition) is 1. The molecule has 2 aromatic rings. The molecule has 0 bridgehead atoms. The Labute approximate surface area is 146 Å². The van der Waals surface area contributed by atoms with E-state index in [0.29, 0.717) is 6.07 Å². The topological polar surface area (TPSA) is 46.2 Å². The van der Waals surface area contributed by atoms with Gasteiger partial charge in [-0.2, -0.15) is 13.2 Å². The molecule has 23 heavy (non-hydrogen) atoms. The molecule has 0 amide bonds. The lowest BCUT2D eigenvalue weighted by atomic mass is 10.2. The van der Waals surface area contributed by atoms with Gasteiger partial charge >= 0.3 is 6.18 Å². The van der Waals surface area contributed by atoms with Crippen molar-refractivity contribution < 1.29 is 26.0 Å². The van der Waals surface area contributed by atoms with Crippen molar-refractivity contribution in [1.82, 2.24) is 0 Å². The van der Waals surface area contributed by atoms with Crippen molar-refractivity contribution in [2.45, 2.75) is 11.1 Å². The van der Waals surface area contributed by atoms with Crippen molar-refractivity contribution in [3.8, 4) is 0 Å². The Bertz CT molecular complexity index is 854. The van der Waals surface area contributed by atoms with Crippen molar-refractivity contribution in [1.29, 1.82) is 0 Å². The van der Waals surface area contributed by atoms with Crippen LogP contribution >= 0.6 is 31.9 Å². The third-order valence-corrected chi connectivity index (χ3v) is 5.44. The first-order chi connectivity index (χ1) is 10.5. The van der Waals surface area contributed by atoms with Gasteiger partial charge in [-0.1, -0.05) is 15.9 Å². The number of sulfonamides is 1. The molecule has 0 aromatic heterocycles. The molecule has 0 heterocycles. The Kier molecular flexibility index (Phi) is 5.07. The predicted molar refractivity (Wildman–Crippen MR) is 84.1 cm³/mol. The van der Waals surface area contributed by atoms with Crippen LogP contribution < -0.4 is 4.72 Å². The number of alkyl halides is 3. The number of hydrogen-bond acceptors (Lipinski definition) is 2. The highest BCUT2D eigenvalue weighted by Gasteiger charge is 2.34. The van der Waals surface area contributed by atoms with E-state index in [0.717, 1.165) is 18.2 Å². The Hall–Kier alpha value is -1.13. The minimum atomic E-state index is -4.71. The summed E-state index contributed by atoms with van der Waals surface area (Å²) in [4.78, 5) is -0.587. The lowest BCUT2D eigenvalue weighted by molar-refractivity contribution is -0.138. The molecule has 3 nitrogen and oxygen atoms in total. The fraction of sp³-hybridized carbons (Fsp3) is 0.0769. The minimum Gasteiger partial charge on any atom is -0.280 e. The van der Waals surface area contributed by atoms with E-state index in [1.165, 1.54) is 12.1 Å². The summed E-state index contributed by atoms with van der Waals surface area (Å²) < 4.78 is 78.1. The zero-order chi connectivity index (χ0) is 17.4. The second kappa shape index (κ2) is 6.40. The summed E-state index contributed by atoms with van der Waals surface area (Å²) in [5, 5.41) is 0. The second-order valence-corrected chi connectivity index (χ2v) is 7.76. The van der Waals surface area contributed by atoms with E-state index in [2.05, 4.69) is 31.9 Å².